The van der Waals surface area contributed by atoms with Gasteiger partial charge in [0.05, 0.1) is 4.90 Å². The number of aromatic nitrogens is 2. The number of hydrogen-bond acceptors (Lipinski definition) is 6. The van der Waals surface area contributed by atoms with Crippen LogP contribution in [0.25, 0.3) is 0 Å². The lowest BCUT2D eigenvalue weighted by atomic mass is 9.88. The van der Waals surface area contributed by atoms with Crippen molar-refractivity contribution in [2.24, 2.45) is 5.92 Å². The Hall–Kier alpha value is -2.81. The predicted molar refractivity (Wildman–Crippen MR) is 156 cm³/mol. The molecule has 1 aromatic heterocycles. The molecule has 7 nitrogen and oxygen atoms in total. The van der Waals surface area contributed by atoms with Gasteiger partial charge in [-0.2, -0.15) is 4.31 Å². The van der Waals surface area contributed by atoms with Crippen LogP contribution in [0.4, 0.5) is 5.95 Å². The highest BCUT2D eigenvalue weighted by molar-refractivity contribution is 7.89. The minimum atomic E-state index is -3.53. The number of anilines is 1. The first-order chi connectivity index (χ1) is 19.0. The smallest absolute Gasteiger partial charge is 0.243 e. The summed E-state index contributed by atoms with van der Waals surface area (Å²) >= 11 is 0. The highest BCUT2D eigenvalue weighted by Gasteiger charge is 2.41. The van der Waals surface area contributed by atoms with Crippen molar-refractivity contribution in [3.8, 4) is 0 Å². The van der Waals surface area contributed by atoms with Gasteiger partial charge >= 0.3 is 0 Å². The first-order valence-electron chi connectivity index (χ1n) is 14.3. The molecule has 2 fully saturated rings. The van der Waals surface area contributed by atoms with Gasteiger partial charge < -0.3 is 9.80 Å². The molecule has 8 heteroatoms. The largest absolute Gasteiger partial charge is 0.338 e. The van der Waals surface area contributed by atoms with Crippen LogP contribution in [0.5, 0.6) is 0 Å². The number of rotatable bonds is 10. The van der Waals surface area contributed by atoms with Crippen LogP contribution in [-0.2, 0) is 10.0 Å². The highest BCUT2D eigenvalue weighted by Crippen LogP contribution is 2.43. The van der Waals surface area contributed by atoms with Crippen molar-refractivity contribution in [1.82, 2.24) is 19.2 Å². The SMILES string of the molecule is CCCN(c1ncccn1)C1CCN(C[C@H]2C[C@@H](N(C)S(=O)(=O)c3ccccc3)C[C@@H]2c2ccccc2)CC1. The van der Waals surface area contributed by atoms with Gasteiger partial charge in [-0.25, -0.2) is 18.4 Å². The average Bonchev–Trinajstić information content (AvgIpc) is 3.41. The maximum atomic E-state index is 13.4. The number of nitrogens with zero attached hydrogens (tertiary/aromatic N) is 5. The summed E-state index contributed by atoms with van der Waals surface area (Å²) in [4.78, 5) is 14.4. The van der Waals surface area contributed by atoms with Crippen LogP contribution in [0.3, 0.4) is 0 Å². The van der Waals surface area contributed by atoms with Gasteiger partial charge in [0.15, 0.2) is 0 Å². The number of piperidine rings is 1. The second-order valence-electron chi connectivity index (χ2n) is 11.0. The fraction of sp³-hybridized carbons (Fsp3) is 0.484. The van der Waals surface area contributed by atoms with Crippen molar-refractivity contribution in [2.45, 2.75) is 61.9 Å². The molecule has 2 aromatic carbocycles. The van der Waals surface area contributed by atoms with Gasteiger partial charge in [-0.15, -0.1) is 0 Å². The van der Waals surface area contributed by atoms with Crippen molar-refractivity contribution >= 4 is 16.0 Å². The van der Waals surface area contributed by atoms with Crippen LogP contribution in [0.1, 0.15) is 50.5 Å². The molecule has 1 aliphatic carbocycles. The zero-order chi connectivity index (χ0) is 27.2. The average molecular weight is 548 g/mol. The van der Waals surface area contributed by atoms with Crippen LogP contribution in [0.2, 0.25) is 0 Å². The Kier molecular flexibility index (Phi) is 8.95. The van der Waals surface area contributed by atoms with Crippen molar-refractivity contribution in [3.05, 3.63) is 84.7 Å². The quantitative estimate of drug-likeness (QED) is 0.354. The molecule has 0 N–H and O–H groups in total. The summed E-state index contributed by atoms with van der Waals surface area (Å²) in [5.41, 5.74) is 1.32. The van der Waals surface area contributed by atoms with E-state index in [0.29, 0.717) is 22.8 Å². The van der Waals surface area contributed by atoms with Gasteiger partial charge in [0.1, 0.15) is 0 Å². The van der Waals surface area contributed by atoms with Crippen molar-refractivity contribution in [1.29, 1.82) is 0 Å². The number of hydrogen-bond donors (Lipinski definition) is 0. The maximum Gasteiger partial charge on any atom is 0.243 e. The monoisotopic (exact) mass is 547 g/mol. The summed E-state index contributed by atoms with van der Waals surface area (Å²) < 4.78 is 28.5. The zero-order valence-corrected chi connectivity index (χ0v) is 24.0. The Labute approximate surface area is 233 Å². The summed E-state index contributed by atoms with van der Waals surface area (Å²) in [7, 11) is -1.77. The molecule has 3 atom stereocenters. The van der Waals surface area contributed by atoms with Crippen LogP contribution in [-0.4, -0.2) is 72.9 Å². The molecule has 39 heavy (non-hydrogen) atoms. The Morgan fingerprint density at radius 3 is 2.15 bits per heavy atom. The Balaban J connectivity index is 1.27. The van der Waals surface area contributed by atoms with Gasteiger partial charge in [-0.05, 0) is 67.7 Å². The predicted octanol–water partition coefficient (Wildman–Crippen LogP) is 5.04. The van der Waals surface area contributed by atoms with Crippen LogP contribution >= 0.6 is 0 Å². The van der Waals surface area contributed by atoms with Gasteiger partial charge in [-0.3, -0.25) is 0 Å². The third-order valence-electron chi connectivity index (χ3n) is 8.60. The Morgan fingerprint density at radius 1 is 0.872 bits per heavy atom. The fourth-order valence-corrected chi connectivity index (χ4v) is 7.93. The van der Waals surface area contributed by atoms with E-state index in [2.05, 4.69) is 57.0 Å². The van der Waals surface area contributed by atoms with E-state index in [-0.39, 0.29) is 6.04 Å². The molecule has 1 saturated carbocycles. The van der Waals surface area contributed by atoms with E-state index < -0.39 is 10.0 Å². The van der Waals surface area contributed by atoms with E-state index in [9.17, 15) is 8.42 Å². The van der Waals surface area contributed by atoms with Crippen LogP contribution < -0.4 is 4.90 Å². The molecule has 5 rings (SSSR count). The normalized spacial score (nSPS) is 22.8. The molecule has 3 aromatic rings. The fourth-order valence-electron chi connectivity index (χ4n) is 6.53. The lowest BCUT2D eigenvalue weighted by Gasteiger charge is -2.39. The summed E-state index contributed by atoms with van der Waals surface area (Å²) in [6.07, 6.45) is 8.63. The van der Waals surface area contributed by atoms with Crippen LogP contribution in [0, 0.1) is 5.92 Å². The minimum absolute atomic E-state index is 0.0155. The third-order valence-corrected chi connectivity index (χ3v) is 10.5. The molecule has 0 unspecified atom stereocenters. The lowest BCUT2D eigenvalue weighted by Crippen LogP contribution is -2.47. The zero-order valence-electron chi connectivity index (χ0n) is 23.1. The molecule has 2 aliphatic rings. The van der Waals surface area contributed by atoms with E-state index in [1.165, 1.54) is 5.56 Å². The summed E-state index contributed by atoms with van der Waals surface area (Å²) in [5.74, 6) is 1.59. The number of likely N-dealkylation sites (tertiary alicyclic amines) is 1. The van der Waals surface area contributed by atoms with E-state index in [0.717, 1.165) is 64.2 Å². The van der Waals surface area contributed by atoms with Gasteiger partial charge in [0.25, 0.3) is 0 Å². The minimum Gasteiger partial charge on any atom is -0.338 e. The summed E-state index contributed by atoms with van der Waals surface area (Å²) in [6.45, 7) is 6.26. The molecule has 0 bridgehead atoms. The number of sulfonamides is 1. The van der Waals surface area contributed by atoms with Gasteiger partial charge in [0, 0.05) is 57.7 Å². The first-order valence-corrected chi connectivity index (χ1v) is 15.8. The first kappa shape index (κ1) is 27.7. The second kappa shape index (κ2) is 12.6. The molecule has 2 heterocycles. The van der Waals surface area contributed by atoms with Crippen molar-refractivity contribution in [3.63, 3.8) is 0 Å². The highest BCUT2D eigenvalue weighted by atomic mass is 32.2. The molecule has 208 valence electrons. The molecular formula is C31H41N5O2S. The molecule has 1 saturated heterocycles. The molecule has 0 spiro atoms. The lowest BCUT2D eigenvalue weighted by molar-refractivity contribution is 0.173. The Morgan fingerprint density at radius 2 is 1.51 bits per heavy atom. The Bertz CT molecular complexity index is 1270. The second-order valence-corrected chi connectivity index (χ2v) is 13.0. The van der Waals surface area contributed by atoms with E-state index in [1.54, 1.807) is 35.6 Å². The third kappa shape index (κ3) is 6.34. The van der Waals surface area contributed by atoms with E-state index >= 15 is 0 Å². The van der Waals surface area contributed by atoms with Gasteiger partial charge in [-0.1, -0.05) is 55.5 Å². The molecular weight excluding hydrogens is 506 g/mol. The van der Waals surface area contributed by atoms with E-state index in [1.807, 2.05) is 24.5 Å². The topological polar surface area (TPSA) is 69.6 Å². The molecule has 0 amide bonds. The van der Waals surface area contributed by atoms with Crippen LogP contribution in [0.15, 0.2) is 84.0 Å². The van der Waals surface area contributed by atoms with Gasteiger partial charge in [0.2, 0.25) is 16.0 Å². The standard InChI is InChI=1S/C31H41N5O2S/c1-3-19-36(31-32-17-10-18-33-31)27-15-20-35(21-16-27)24-26-22-28(23-30(26)25-11-6-4-7-12-25)34(2)39(37,38)29-13-8-5-9-14-29/h4-14,17-18,26-28,30H,3,15-16,19-24H2,1-2H3/t26-,28-,30-/m1/s1. The summed E-state index contributed by atoms with van der Waals surface area (Å²) in [6, 6.07) is 21.8. The van der Waals surface area contributed by atoms with Crippen molar-refractivity contribution < 1.29 is 8.42 Å². The molecule has 1 aliphatic heterocycles. The van der Waals surface area contributed by atoms with Crippen molar-refractivity contribution in [2.75, 3.05) is 38.1 Å². The van der Waals surface area contributed by atoms with E-state index in [4.69, 9.17) is 0 Å². The summed E-state index contributed by atoms with van der Waals surface area (Å²) in [5, 5.41) is 0. The molecule has 0 radical (unpaired) electrons. The number of benzene rings is 2. The maximum absolute atomic E-state index is 13.4.